The zero-order chi connectivity index (χ0) is 23.1. The first kappa shape index (κ1) is 21.3. The standard InChI is InChI=1S/C26H24FN5S/c1-16-11-13-29-23(14-16)31-17(2)15-21(18(31)3)25-24(22-6-4-5-12-28-22)30-26(33)32(25)20-9-7-19(27)8-10-20/h4-15,24-25H,1-3H3,(H,30,33). The zero-order valence-electron chi connectivity index (χ0n) is 18.7. The van der Waals surface area contributed by atoms with E-state index < -0.39 is 0 Å². The van der Waals surface area contributed by atoms with Crippen LogP contribution >= 0.6 is 12.2 Å². The number of aryl methyl sites for hydroxylation is 2. The molecule has 3 aromatic heterocycles. The molecule has 1 N–H and O–H groups in total. The Morgan fingerprint density at radius 1 is 0.939 bits per heavy atom. The van der Waals surface area contributed by atoms with E-state index in [1.54, 1.807) is 18.3 Å². The van der Waals surface area contributed by atoms with Gasteiger partial charge in [-0.3, -0.25) is 4.98 Å². The molecule has 1 aliphatic rings. The molecule has 7 heteroatoms. The molecule has 1 saturated heterocycles. The number of nitrogens with one attached hydrogen (secondary N) is 1. The van der Waals surface area contributed by atoms with Crippen molar-refractivity contribution < 1.29 is 4.39 Å². The SMILES string of the molecule is Cc1ccnc(-n2c(C)cc(C3C(c4ccccn4)NC(=S)N3c3ccc(F)cc3)c2C)c1. The average molecular weight is 458 g/mol. The Morgan fingerprint density at radius 3 is 2.42 bits per heavy atom. The normalized spacial score (nSPS) is 17.9. The van der Waals surface area contributed by atoms with Crippen molar-refractivity contribution in [2.75, 3.05) is 4.90 Å². The highest BCUT2D eigenvalue weighted by atomic mass is 32.1. The fourth-order valence-corrected chi connectivity index (χ4v) is 4.98. The van der Waals surface area contributed by atoms with E-state index >= 15 is 0 Å². The molecule has 4 aromatic rings. The van der Waals surface area contributed by atoms with Crippen molar-refractivity contribution in [2.45, 2.75) is 32.9 Å². The van der Waals surface area contributed by atoms with E-state index in [0.29, 0.717) is 5.11 Å². The van der Waals surface area contributed by atoms with Crippen LogP contribution in [0.2, 0.25) is 0 Å². The molecule has 4 heterocycles. The molecule has 5 nitrogen and oxygen atoms in total. The number of nitrogens with zero attached hydrogens (tertiary/aromatic N) is 4. The lowest BCUT2D eigenvalue weighted by Gasteiger charge is -2.28. The van der Waals surface area contributed by atoms with E-state index in [-0.39, 0.29) is 17.9 Å². The third-order valence-electron chi connectivity index (χ3n) is 6.12. The van der Waals surface area contributed by atoms with E-state index in [9.17, 15) is 4.39 Å². The summed E-state index contributed by atoms with van der Waals surface area (Å²) in [6.07, 6.45) is 3.62. The number of pyridine rings is 2. The van der Waals surface area contributed by atoms with Crippen molar-refractivity contribution >= 4 is 23.0 Å². The van der Waals surface area contributed by atoms with Gasteiger partial charge in [-0.25, -0.2) is 9.37 Å². The van der Waals surface area contributed by atoms with Crippen molar-refractivity contribution in [3.05, 3.63) is 107 Å². The van der Waals surface area contributed by atoms with Gasteiger partial charge in [0.05, 0.1) is 17.8 Å². The predicted octanol–water partition coefficient (Wildman–Crippen LogP) is 5.51. The van der Waals surface area contributed by atoms with Gasteiger partial charge in [-0.2, -0.15) is 0 Å². The van der Waals surface area contributed by atoms with Crippen LogP contribution in [0.4, 0.5) is 10.1 Å². The molecule has 166 valence electrons. The molecular weight excluding hydrogens is 433 g/mol. The molecule has 0 spiro atoms. The minimum atomic E-state index is -0.279. The second-order valence-corrected chi connectivity index (χ2v) is 8.71. The highest BCUT2D eigenvalue weighted by Crippen LogP contribution is 2.43. The van der Waals surface area contributed by atoms with Crippen LogP contribution in [0.5, 0.6) is 0 Å². The molecule has 0 radical (unpaired) electrons. The Hall–Kier alpha value is -3.58. The molecule has 33 heavy (non-hydrogen) atoms. The van der Waals surface area contributed by atoms with Crippen molar-refractivity contribution in [1.82, 2.24) is 19.9 Å². The Morgan fingerprint density at radius 2 is 1.73 bits per heavy atom. The summed E-state index contributed by atoms with van der Waals surface area (Å²) in [5, 5.41) is 4.05. The summed E-state index contributed by atoms with van der Waals surface area (Å²) in [5.41, 5.74) is 6.15. The van der Waals surface area contributed by atoms with Crippen molar-refractivity contribution in [1.29, 1.82) is 0 Å². The maximum atomic E-state index is 13.7. The van der Waals surface area contributed by atoms with Crippen LogP contribution in [-0.4, -0.2) is 19.6 Å². The van der Waals surface area contributed by atoms with Crippen LogP contribution < -0.4 is 10.2 Å². The molecule has 0 amide bonds. The van der Waals surface area contributed by atoms with E-state index in [1.807, 2.05) is 30.5 Å². The number of halogens is 1. The summed E-state index contributed by atoms with van der Waals surface area (Å²) in [4.78, 5) is 11.3. The fourth-order valence-electron chi connectivity index (χ4n) is 4.63. The number of hydrogen-bond acceptors (Lipinski definition) is 3. The van der Waals surface area contributed by atoms with Crippen molar-refractivity contribution in [2.24, 2.45) is 0 Å². The summed E-state index contributed by atoms with van der Waals surface area (Å²) < 4.78 is 15.9. The van der Waals surface area contributed by atoms with Gasteiger partial charge < -0.3 is 14.8 Å². The van der Waals surface area contributed by atoms with Gasteiger partial charge in [-0.1, -0.05) is 6.07 Å². The van der Waals surface area contributed by atoms with E-state index in [1.165, 1.54) is 12.1 Å². The summed E-state index contributed by atoms with van der Waals surface area (Å²) in [6, 6.07) is 18.3. The van der Waals surface area contributed by atoms with Gasteiger partial charge >= 0.3 is 0 Å². The van der Waals surface area contributed by atoms with Crippen LogP contribution in [0.1, 0.15) is 40.3 Å². The maximum Gasteiger partial charge on any atom is 0.174 e. The molecule has 1 aliphatic heterocycles. The summed E-state index contributed by atoms with van der Waals surface area (Å²) in [5.74, 6) is 0.603. The number of aromatic nitrogens is 3. The fraction of sp³-hybridized carbons (Fsp3) is 0.192. The number of hydrogen-bond donors (Lipinski definition) is 1. The van der Waals surface area contributed by atoms with E-state index in [2.05, 4.69) is 57.7 Å². The number of anilines is 1. The van der Waals surface area contributed by atoms with Gasteiger partial charge in [0.2, 0.25) is 0 Å². The second-order valence-electron chi connectivity index (χ2n) is 8.33. The van der Waals surface area contributed by atoms with Gasteiger partial charge in [0.25, 0.3) is 0 Å². The molecular formula is C26H24FN5S. The van der Waals surface area contributed by atoms with E-state index in [0.717, 1.165) is 39.7 Å². The largest absolute Gasteiger partial charge is 0.351 e. The lowest BCUT2D eigenvalue weighted by atomic mass is 9.96. The number of rotatable bonds is 4. The first-order valence-corrected chi connectivity index (χ1v) is 11.2. The summed E-state index contributed by atoms with van der Waals surface area (Å²) >= 11 is 5.78. The van der Waals surface area contributed by atoms with Crippen LogP contribution in [-0.2, 0) is 0 Å². The van der Waals surface area contributed by atoms with Crippen LogP contribution in [0.15, 0.2) is 73.1 Å². The lowest BCUT2D eigenvalue weighted by molar-refractivity contribution is 0.565. The molecule has 1 fully saturated rings. The third-order valence-corrected chi connectivity index (χ3v) is 6.44. The van der Waals surface area contributed by atoms with Gasteiger partial charge in [0.1, 0.15) is 11.6 Å². The van der Waals surface area contributed by atoms with Crippen LogP contribution in [0.3, 0.4) is 0 Å². The molecule has 1 aromatic carbocycles. The minimum absolute atomic E-state index is 0.164. The maximum absolute atomic E-state index is 13.7. The smallest absolute Gasteiger partial charge is 0.174 e. The Balaban J connectivity index is 1.68. The molecule has 0 saturated carbocycles. The minimum Gasteiger partial charge on any atom is -0.351 e. The molecule has 0 aliphatic carbocycles. The Bertz CT molecular complexity index is 1320. The highest BCUT2D eigenvalue weighted by molar-refractivity contribution is 7.80. The zero-order valence-corrected chi connectivity index (χ0v) is 19.5. The van der Waals surface area contributed by atoms with E-state index in [4.69, 9.17) is 12.2 Å². The van der Waals surface area contributed by atoms with Crippen molar-refractivity contribution in [3.8, 4) is 5.82 Å². The molecule has 2 unspecified atom stereocenters. The third kappa shape index (κ3) is 3.78. The van der Waals surface area contributed by atoms with Gasteiger partial charge in [-0.05, 0) is 98.7 Å². The Kier molecular flexibility index (Phi) is 5.42. The summed E-state index contributed by atoms with van der Waals surface area (Å²) in [7, 11) is 0. The highest BCUT2D eigenvalue weighted by Gasteiger charge is 2.42. The number of thiocarbonyl (C=S) groups is 1. The van der Waals surface area contributed by atoms with Gasteiger partial charge in [-0.15, -0.1) is 0 Å². The average Bonchev–Trinajstić information content (AvgIpc) is 3.30. The van der Waals surface area contributed by atoms with Gasteiger partial charge in [0.15, 0.2) is 5.11 Å². The lowest BCUT2D eigenvalue weighted by Crippen LogP contribution is -2.29. The van der Waals surface area contributed by atoms with Crippen LogP contribution in [0.25, 0.3) is 5.82 Å². The quantitative estimate of drug-likeness (QED) is 0.410. The van der Waals surface area contributed by atoms with Crippen molar-refractivity contribution in [3.63, 3.8) is 0 Å². The first-order valence-electron chi connectivity index (χ1n) is 10.8. The summed E-state index contributed by atoms with van der Waals surface area (Å²) in [6.45, 7) is 6.25. The molecule has 5 rings (SSSR count). The molecule has 2 atom stereocenters. The molecule has 0 bridgehead atoms. The van der Waals surface area contributed by atoms with Gasteiger partial charge in [0, 0.05) is 29.5 Å². The number of benzene rings is 1. The monoisotopic (exact) mass is 457 g/mol. The second kappa shape index (κ2) is 8.41. The first-order chi connectivity index (χ1) is 15.9. The van der Waals surface area contributed by atoms with Crippen LogP contribution in [0, 0.1) is 26.6 Å². The topological polar surface area (TPSA) is 46.0 Å². The Labute approximate surface area is 197 Å². The predicted molar refractivity (Wildman–Crippen MR) is 132 cm³/mol.